The van der Waals surface area contributed by atoms with Crippen LogP contribution in [0.5, 0.6) is 11.5 Å². The molecular formula is C18H19F2NO3S. The van der Waals surface area contributed by atoms with E-state index in [1.807, 2.05) is 6.07 Å². The van der Waals surface area contributed by atoms with E-state index in [2.05, 4.69) is 0 Å². The van der Waals surface area contributed by atoms with Crippen LogP contribution in [0.3, 0.4) is 0 Å². The predicted molar refractivity (Wildman–Crippen MR) is 93.6 cm³/mol. The van der Waals surface area contributed by atoms with E-state index in [-0.39, 0.29) is 5.91 Å². The Morgan fingerprint density at radius 3 is 2.36 bits per heavy atom. The molecule has 7 heteroatoms. The number of hydrogen-bond acceptors (Lipinski definition) is 4. The van der Waals surface area contributed by atoms with Crippen LogP contribution in [0, 0.1) is 0 Å². The molecule has 0 saturated heterocycles. The van der Waals surface area contributed by atoms with Crippen molar-refractivity contribution in [1.29, 1.82) is 0 Å². The van der Waals surface area contributed by atoms with E-state index in [0.717, 1.165) is 5.56 Å². The van der Waals surface area contributed by atoms with Gasteiger partial charge in [-0.2, -0.15) is 8.78 Å². The molecule has 0 aliphatic rings. The Kier molecular flexibility index (Phi) is 6.64. The van der Waals surface area contributed by atoms with E-state index in [0.29, 0.717) is 40.3 Å². The van der Waals surface area contributed by atoms with Crippen molar-refractivity contribution >= 4 is 17.7 Å². The summed E-state index contributed by atoms with van der Waals surface area (Å²) >= 11 is 0.452. The second kappa shape index (κ2) is 8.71. The number of halogens is 2. The monoisotopic (exact) mass is 367 g/mol. The van der Waals surface area contributed by atoms with Crippen molar-refractivity contribution in [2.24, 2.45) is 0 Å². The molecule has 4 nitrogen and oxygen atoms in total. The van der Waals surface area contributed by atoms with Gasteiger partial charge in [-0.15, -0.1) is 0 Å². The maximum Gasteiger partial charge on any atom is 0.288 e. The minimum absolute atomic E-state index is 0.202. The second-order valence-electron chi connectivity index (χ2n) is 5.24. The molecule has 134 valence electrons. The molecule has 0 bridgehead atoms. The van der Waals surface area contributed by atoms with Gasteiger partial charge in [0.05, 0.1) is 14.2 Å². The third-order valence-corrected chi connectivity index (χ3v) is 4.30. The molecule has 25 heavy (non-hydrogen) atoms. The molecule has 0 fully saturated rings. The average molecular weight is 367 g/mol. The molecular weight excluding hydrogens is 348 g/mol. The first-order chi connectivity index (χ1) is 11.9. The molecule has 0 spiro atoms. The van der Waals surface area contributed by atoms with Gasteiger partial charge in [0.25, 0.3) is 11.7 Å². The second-order valence-corrected chi connectivity index (χ2v) is 6.31. The van der Waals surface area contributed by atoms with Crippen LogP contribution in [0.15, 0.2) is 47.4 Å². The van der Waals surface area contributed by atoms with E-state index >= 15 is 0 Å². The van der Waals surface area contributed by atoms with Crippen LogP contribution < -0.4 is 9.47 Å². The van der Waals surface area contributed by atoms with E-state index in [9.17, 15) is 13.6 Å². The van der Waals surface area contributed by atoms with Crippen molar-refractivity contribution in [3.05, 3.63) is 53.6 Å². The number of ether oxygens (including phenoxy) is 2. The molecule has 2 aromatic carbocycles. The first-order valence-electron chi connectivity index (χ1n) is 7.46. The summed E-state index contributed by atoms with van der Waals surface area (Å²) in [6.45, 7) is 0.347. The number of benzene rings is 2. The SMILES string of the molecule is COc1ccc(CN(C)C(=O)c2ccc(SC(F)F)cc2)c(OC)c1. The first-order valence-corrected chi connectivity index (χ1v) is 8.33. The summed E-state index contributed by atoms with van der Waals surface area (Å²) in [4.78, 5) is 14.5. The molecule has 2 rings (SSSR count). The zero-order chi connectivity index (χ0) is 18.4. The molecule has 0 aliphatic carbocycles. The number of thioether (sulfide) groups is 1. The molecule has 0 N–H and O–H groups in total. The van der Waals surface area contributed by atoms with Gasteiger partial charge in [0.2, 0.25) is 0 Å². The Balaban J connectivity index is 2.10. The summed E-state index contributed by atoms with van der Waals surface area (Å²) in [6, 6.07) is 11.5. The van der Waals surface area contributed by atoms with Crippen molar-refractivity contribution < 1.29 is 23.0 Å². The number of carbonyl (C=O) groups is 1. The van der Waals surface area contributed by atoms with Gasteiger partial charge in [-0.05, 0) is 36.4 Å². The van der Waals surface area contributed by atoms with Crippen LogP contribution in [-0.4, -0.2) is 37.8 Å². The Morgan fingerprint density at radius 2 is 1.80 bits per heavy atom. The largest absolute Gasteiger partial charge is 0.497 e. The maximum atomic E-state index is 12.5. The van der Waals surface area contributed by atoms with Crippen molar-refractivity contribution in [1.82, 2.24) is 4.90 Å². The standard InChI is InChI=1S/C18H19F2NO3S/c1-21(11-13-4-7-14(23-2)10-16(13)24-3)17(22)12-5-8-15(9-6-12)25-18(19)20/h4-10,18H,11H2,1-3H3. The van der Waals surface area contributed by atoms with Gasteiger partial charge in [0.1, 0.15) is 11.5 Å². The Bertz CT molecular complexity index is 723. The number of nitrogens with zero attached hydrogens (tertiary/aromatic N) is 1. The highest BCUT2D eigenvalue weighted by atomic mass is 32.2. The minimum atomic E-state index is -2.48. The number of alkyl halides is 2. The maximum absolute atomic E-state index is 12.5. The van der Waals surface area contributed by atoms with Crippen LogP contribution in [0.4, 0.5) is 8.78 Å². The smallest absolute Gasteiger partial charge is 0.288 e. The molecule has 1 amide bonds. The summed E-state index contributed by atoms with van der Waals surface area (Å²) in [5, 5.41) is 0. The van der Waals surface area contributed by atoms with E-state index in [1.165, 1.54) is 12.1 Å². The van der Waals surface area contributed by atoms with Crippen LogP contribution in [0.2, 0.25) is 0 Å². The summed E-state index contributed by atoms with van der Waals surface area (Å²) in [5.74, 6) is -1.39. The number of methoxy groups -OCH3 is 2. The van der Waals surface area contributed by atoms with Crippen LogP contribution in [0.25, 0.3) is 0 Å². The van der Waals surface area contributed by atoms with Gasteiger partial charge in [-0.3, -0.25) is 4.79 Å². The minimum Gasteiger partial charge on any atom is -0.497 e. The number of hydrogen-bond donors (Lipinski definition) is 0. The zero-order valence-electron chi connectivity index (χ0n) is 14.2. The van der Waals surface area contributed by atoms with E-state index in [4.69, 9.17) is 9.47 Å². The third-order valence-electron chi connectivity index (χ3n) is 3.57. The molecule has 0 radical (unpaired) electrons. The molecule has 2 aromatic rings. The fraction of sp³-hybridized carbons (Fsp3) is 0.278. The molecule has 0 atom stereocenters. The van der Waals surface area contributed by atoms with Gasteiger partial charge < -0.3 is 14.4 Å². The van der Waals surface area contributed by atoms with Gasteiger partial charge in [-0.25, -0.2) is 0 Å². The fourth-order valence-corrected chi connectivity index (χ4v) is 2.81. The lowest BCUT2D eigenvalue weighted by atomic mass is 10.1. The fourth-order valence-electron chi connectivity index (χ4n) is 2.31. The zero-order valence-corrected chi connectivity index (χ0v) is 15.0. The van der Waals surface area contributed by atoms with Crippen LogP contribution in [0.1, 0.15) is 15.9 Å². The highest BCUT2D eigenvalue weighted by Crippen LogP contribution is 2.27. The highest BCUT2D eigenvalue weighted by molar-refractivity contribution is 7.99. The topological polar surface area (TPSA) is 38.8 Å². The molecule has 0 aromatic heterocycles. The molecule has 0 aliphatic heterocycles. The normalized spacial score (nSPS) is 10.6. The molecule has 0 heterocycles. The average Bonchev–Trinajstić information content (AvgIpc) is 2.61. The summed E-state index contributed by atoms with van der Waals surface area (Å²) in [5.41, 5.74) is 1.28. The summed E-state index contributed by atoms with van der Waals surface area (Å²) in [7, 11) is 4.80. The van der Waals surface area contributed by atoms with Crippen LogP contribution >= 0.6 is 11.8 Å². The quantitative estimate of drug-likeness (QED) is 0.685. The number of carbonyl (C=O) groups excluding carboxylic acids is 1. The van der Waals surface area contributed by atoms with Crippen molar-refractivity contribution in [3.63, 3.8) is 0 Å². The van der Waals surface area contributed by atoms with Crippen molar-refractivity contribution in [2.75, 3.05) is 21.3 Å². The first kappa shape index (κ1) is 19.1. The summed E-state index contributed by atoms with van der Waals surface area (Å²) in [6.07, 6.45) is 0. The van der Waals surface area contributed by atoms with E-state index < -0.39 is 5.76 Å². The Labute approximate surface area is 149 Å². The third kappa shape index (κ3) is 5.09. The molecule has 0 saturated carbocycles. The van der Waals surface area contributed by atoms with Gasteiger partial charge in [-0.1, -0.05) is 11.8 Å². The lowest BCUT2D eigenvalue weighted by molar-refractivity contribution is 0.0784. The Morgan fingerprint density at radius 1 is 1.12 bits per heavy atom. The van der Waals surface area contributed by atoms with Gasteiger partial charge in [0.15, 0.2) is 0 Å². The highest BCUT2D eigenvalue weighted by Gasteiger charge is 2.15. The van der Waals surface area contributed by atoms with Crippen molar-refractivity contribution in [3.8, 4) is 11.5 Å². The van der Waals surface area contributed by atoms with Gasteiger partial charge >= 0.3 is 0 Å². The predicted octanol–water partition coefficient (Wildman–Crippen LogP) is 4.29. The molecule has 0 unspecified atom stereocenters. The van der Waals surface area contributed by atoms with Gasteiger partial charge in [0, 0.05) is 35.7 Å². The number of amides is 1. The lowest BCUT2D eigenvalue weighted by Crippen LogP contribution is -2.26. The summed E-state index contributed by atoms with van der Waals surface area (Å²) < 4.78 is 35.2. The van der Waals surface area contributed by atoms with Crippen molar-refractivity contribution in [2.45, 2.75) is 17.2 Å². The van der Waals surface area contributed by atoms with E-state index in [1.54, 1.807) is 50.4 Å². The van der Waals surface area contributed by atoms with Crippen LogP contribution in [-0.2, 0) is 6.54 Å². The Hall–Kier alpha value is -2.28. The number of rotatable bonds is 7. The lowest BCUT2D eigenvalue weighted by Gasteiger charge is -2.19.